The highest BCUT2D eigenvalue weighted by atomic mass is 16.2. The van der Waals surface area contributed by atoms with Gasteiger partial charge in [-0.05, 0) is 19.8 Å². The highest BCUT2D eigenvalue weighted by molar-refractivity contribution is 5.81. The van der Waals surface area contributed by atoms with Crippen molar-refractivity contribution in [2.45, 2.75) is 50.6 Å². The lowest BCUT2D eigenvalue weighted by atomic mass is 9.82. The van der Waals surface area contributed by atoms with E-state index in [1.165, 1.54) is 0 Å². The molecule has 0 bridgehead atoms. The van der Waals surface area contributed by atoms with Crippen molar-refractivity contribution < 1.29 is 14.9 Å². The largest absolute Gasteiger partial charge is 0.354 e. The van der Waals surface area contributed by atoms with Gasteiger partial charge in [0.05, 0.1) is 6.07 Å². The van der Waals surface area contributed by atoms with E-state index >= 15 is 0 Å². The molecule has 0 unspecified atom stereocenters. The molecule has 0 aromatic rings. The average Bonchev–Trinajstić information content (AvgIpc) is 2.45. The molecule has 0 aromatic heterocycles. The highest BCUT2D eigenvalue weighted by Gasteiger charge is 2.35. The maximum atomic E-state index is 12.1. The second-order valence-corrected chi connectivity index (χ2v) is 5.15. The van der Waals surface area contributed by atoms with Crippen LogP contribution in [0.4, 0.5) is 0 Å². The minimum atomic E-state index is -0.704. The Bertz CT molecular complexity index is 369. The second-order valence-electron chi connectivity index (χ2n) is 5.15. The van der Waals surface area contributed by atoms with Crippen LogP contribution >= 0.6 is 0 Å². The summed E-state index contributed by atoms with van der Waals surface area (Å²) < 4.78 is 0. The third-order valence-corrected chi connectivity index (χ3v) is 3.63. The van der Waals surface area contributed by atoms with Gasteiger partial charge >= 0.3 is 0 Å². The molecule has 6 heteroatoms. The van der Waals surface area contributed by atoms with E-state index in [0.717, 1.165) is 32.1 Å². The van der Waals surface area contributed by atoms with Crippen LogP contribution in [0, 0.1) is 11.3 Å². The predicted octanol–water partition coefficient (Wildman–Crippen LogP) is -0.973. The molecule has 106 valence electrons. The summed E-state index contributed by atoms with van der Waals surface area (Å²) >= 11 is 0. The zero-order chi connectivity index (χ0) is 14.3. The van der Waals surface area contributed by atoms with Crippen LogP contribution in [0.25, 0.3) is 0 Å². The Labute approximate surface area is 113 Å². The Morgan fingerprint density at radius 1 is 1.37 bits per heavy atom. The Kier molecular flexibility index (Phi) is 5.77. The first-order chi connectivity index (χ1) is 9.03. The molecule has 6 nitrogen and oxygen atoms in total. The minimum Gasteiger partial charge on any atom is -0.354 e. The normalized spacial score (nSPS) is 19.0. The SMILES string of the molecule is CNC(=O)C[NH2+][C@H](C)C(=O)NC1(C#N)CCCCC1. The van der Waals surface area contributed by atoms with Gasteiger partial charge in [0, 0.05) is 7.05 Å². The van der Waals surface area contributed by atoms with Gasteiger partial charge in [0.15, 0.2) is 12.6 Å². The molecule has 4 N–H and O–H groups in total. The molecule has 1 aliphatic rings. The van der Waals surface area contributed by atoms with Crippen molar-refractivity contribution in [1.29, 1.82) is 5.26 Å². The van der Waals surface area contributed by atoms with Crippen molar-refractivity contribution in [1.82, 2.24) is 10.6 Å². The number of carbonyl (C=O) groups excluding carboxylic acids is 2. The molecule has 1 aliphatic carbocycles. The van der Waals surface area contributed by atoms with Crippen LogP contribution in [0.3, 0.4) is 0 Å². The van der Waals surface area contributed by atoms with Crippen LogP contribution in [0.5, 0.6) is 0 Å². The first-order valence-electron chi connectivity index (χ1n) is 6.80. The van der Waals surface area contributed by atoms with E-state index in [-0.39, 0.29) is 24.4 Å². The number of quaternary nitrogens is 1. The Balaban J connectivity index is 2.48. The molecule has 0 heterocycles. The summed E-state index contributed by atoms with van der Waals surface area (Å²) in [4.78, 5) is 23.2. The molecule has 1 atom stereocenters. The van der Waals surface area contributed by atoms with E-state index < -0.39 is 5.54 Å². The highest BCUT2D eigenvalue weighted by Crippen LogP contribution is 2.27. The monoisotopic (exact) mass is 267 g/mol. The number of nitrogens with two attached hydrogens (primary N) is 1. The number of hydrogen-bond acceptors (Lipinski definition) is 3. The van der Waals surface area contributed by atoms with Crippen molar-refractivity contribution in [2.75, 3.05) is 13.6 Å². The van der Waals surface area contributed by atoms with Gasteiger partial charge in [0.2, 0.25) is 0 Å². The van der Waals surface area contributed by atoms with E-state index in [9.17, 15) is 14.9 Å². The summed E-state index contributed by atoms with van der Waals surface area (Å²) in [6.07, 6.45) is 4.51. The summed E-state index contributed by atoms with van der Waals surface area (Å²) in [5, 5.41) is 16.3. The van der Waals surface area contributed by atoms with Crippen LogP contribution in [0.15, 0.2) is 0 Å². The third-order valence-electron chi connectivity index (χ3n) is 3.63. The second kappa shape index (κ2) is 7.10. The summed E-state index contributed by atoms with van der Waals surface area (Å²) in [7, 11) is 1.56. The molecule has 19 heavy (non-hydrogen) atoms. The lowest BCUT2D eigenvalue weighted by molar-refractivity contribution is -0.663. The lowest BCUT2D eigenvalue weighted by Gasteiger charge is -2.32. The molecule has 2 amide bonds. The zero-order valence-corrected chi connectivity index (χ0v) is 11.7. The quantitative estimate of drug-likeness (QED) is 0.597. The molecule has 0 spiro atoms. The summed E-state index contributed by atoms with van der Waals surface area (Å²) in [5.74, 6) is -0.292. The van der Waals surface area contributed by atoms with E-state index in [1.807, 2.05) is 0 Å². The van der Waals surface area contributed by atoms with Crippen LogP contribution in [-0.4, -0.2) is 37.0 Å². The van der Waals surface area contributed by atoms with Crippen molar-refractivity contribution >= 4 is 11.8 Å². The first-order valence-corrected chi connectivity index (χ1v) is 6.80. The lowest BCUT2D eigenvalue weighted by Crippen LogP contribution is -2.94. The Morgan fingerprint density at radius 2 is 2.00 bits per heavy atom. The predicted molar refractivity (Wildman–Crippen MR) is 69.9 cm³/mol. The molecule has 0 radical (unpaired) electrons. The van der Waals surface area contributed by atoms with Gasteiger partial charge in [-0.15, -0.1) is 0 Å². The topological polar surface area (TPSA) is 98.6 Å². The van der Waals surface area contributed by atoms with Crippen LogP contribution in [0.1, 0.15) is 39.0 Å². The molecular formula is C13H23N4O2+. The number of carbonyl (C=O) groups is 2. The van der Waals surface area contributed by atoms with Crippen LogP contribution < -0.4 is 16.0 Å². The summed E-state index contributed by atoms with van der Waals surface area (Å²) in [5.41, 5.74) is -0.704. The molecule has 0 aromatic carbocycles. The van der Waals surface area contributed by atoms with Crippen LogP contribution in [-0.2, 0) is 9.59 Å². The first kappa shape index (κ1) is 15.4. The number of nitriles is 1. The molecule has 1 fully saturated rings. The van der Waals surface area contributed by atoms with Gasteiger partial charge in [-0.25, -0.2) is 0 Å². The van der Waals surface area contributed by atoms with E-state index in [4.69, 9.17) is 0 Å². The van der Waals surface area contributed by atoms with Crippen molar-refractivity contribution in [3.8, 4) is 6.07 Å². The third kappa shape index (κ3) is 4.52. The number of nitrogens with one attached hydrogen (secondary N) is 2. The zero-order valence-electron chi connectivity index (χ0n) is 11.7. The van der Waals surface area contributed by atoms with Crippen LogP contribution in [0.2, 0.25) is 0 Å². The van der Waals surface area contributed by atoms with Gasteiger partial charge in [-0.2, -0.15) is 5.26 Å². The van der Waals surface area contributed by atoms with Crippen molar-refractivity contribution in [3.05, 3.63) is 0 Å². The molecular weight excluding hydrogens is 244 g/mol. The van der Waals surface area contributed by atoms with Gasteiger partial charge in [0.25, 0.3) is 11.8 Å². The number of nitrogens with zero attached hydrogens (tertiary/aromatic N) is 1. The fraction of sp³-hybridized carbons (Fsp3) is 0.769. The molecule has 1 saturated carbocycles. The number of hydrogen-bond donors (Lipinski definition) is 3. The standard InChI is InChI=1S/C13H22N4O2/c1-10(16-8-11(18)15-2)12(19)17-13(9-14)6-4-3-5-7-13/h10,16H,3-8H2,1-2H3,(H,15,18)(H,17,19)/p+1/t10-/m1/s1. The fourth-order valence-corrected chi connectivity index (χ4v) is 2.26. The van der Waals surface area contributed by atoms with E-state index in [1.54, 1.807) is 19.3 Å². The van der Waals surface area contributed by atoms with Gasteiger partial charge in [-0.1, -0.05) is 19.3 Å². The van der Waals surface area contributed by atoms with Gasteiger partial charge < -0.3 is 16.0 Å². The average molecular weight is 267 g/mol. The Hall–Kier alpha value is -1.61. The maximum Gasteiger partial charge on any atom is 0.279 e. The van der Waals surface area contributed by atoms with Gasteiger partial charge in [-0.3, -0.25) is 9.59 Å². The van der Waals surface area contributed by atoms with Gasteiger partial charge in [0.1, 0.15) is 5.54 Å². The van der Waals surface area contributed by atoms with E-state index in [0.29, 0.717) is 0 Å². The maximum absolute atomic E-state index is 12.1. The number of rotatable bonds is 5. The minimum absolute atomic E-state index is 0.118. The molecule has 1 rings (SSSR count). The number of likely N-dealkylation sites (N-methyl/N-ethyl adjacent to an activating group) is 1. The smallest absolute Gasteiger partial charge is 0.279 e. The van der Waals surface area contributed by atoms with Crippen molar-refractivity contribution in [3.63, 3.8) is 0 Å². The fourth-order valence-electron chi connectivity index (χ4n) is 2.26. The molecule has 0 saturated heterocycles. The summed E-state index contributed by atoms with van der Waals surface area (Å²) in [6.45, 7) is 1.96. The van der Waals surface area contributed by atoms with Crippen molar-refractivity contribution in [2.24, 2.45) is 0 Å². The molecule has 0 aliphatic heterocycles. The van der Waals surface area contributed by atoms with E-state index in [2.05, 4.69) is 16.7 Å². The Morgan fingerprint density at radius 3 is 2.53 bits per heavy atom. The summed E-state index contributed by atoms with van der Waals surface area (Å²) in [6, 6.07) is 1.88. The number of amides is 2.